The van der Waals surface area contributed by atoms with E-state index < -0.39 is 22.0 Å². The van der Waals surface area contributed by atoms with Gasteiger partial charge < -0.3 is 10.2 Å². The van der Waals surface area contributed by atoms with Crippen molar-refractivity contribution in [3.8, 4) is 0 Å². The molecule has 1 N–H and O–H groups in total. The average Bonchev–Trinajstić information content (AvgIpc) is 2.78. The van der Waals surface area contributed by atoms with Gasteiger partial charge in [0.1, 0.15) is 12.6 Å². The van der Waals surface area contributed by atoms with E-state index in [0.29, 0.717) is 18.7 Å². The summed E-state index contributed by atoms with van der Waals surface area (Å²) in [6.07, 6.45) is 3.30. The van der Waals surface area contributed by atoms with E-state index in [1.807, 2.05) is 52.0 Å². The highest BCUT2D eigenvalue weighted by molar-refractivity contribution is 7.92. The molecule has 0 saturated carbocycles. The molecule has 2 aromatic carbocycles. The van der Waals surface area contributed by atoms with Gasteiger partial charge in [-0.3, -0.25) is 13.9 Å². The molecular formula is C26H37N3O4S. The Hall–Kier alpha value is -2.87. The van der Waals surface area contributed by atoms with Crippen LogP contribution in [-0.2, 0) is 26.2 Å². The van der Waals surface area contributed by atoms with Gasteiger partial charge in [-0.25, -0.2) is 8.42 Å². The number of sulfonamides is 1. The van der Waals surface area contributed by atoms with Crippen LogP contribution in [0.4, 0.5) is 5.69 Å². The summed E-state index contributed by atoms with van der Waals surface area (Å²) in [5.41, 5.74) is 3.37. The normalized spacial score (nSPS) is 12.1. The van der Waals surface area contributed by atoms with Crippen molar-refractivity contribution in [2.45, 2.75) is 59.5 Å². The van der Waals surface area contributed by atoms with E-state index in [4.69, 9.17) is 0 Å². The summed E-state index contributed by atoms with van der Waals surface area (Å²) in [7, 11) is -3.72. The number of amides is 2. The first-order chi connectivity index (χ1) is 16.1. The minimum atomic E-state index is -3.72. The first-order valence-corrected chi connectivity index (χ1v) is 13.6. The van der Waals surface area contributed by atoms with E-state index in [9.17, 15) is 18.0 Å². The molecule has 0 aliphatic carbocycles. The molecule has 0 spiro atoms. The largest absolute Gasteiger partial charge is 0.354 e. The maximum Gasteiger partial charge on any atom is 0.244 e. The number of benzene rings is 2. The predicted molar refractivity (Wildman–Crippen MR) is 137 cm³/mol. The van der Waals surface area contributed by atoms with Gasteiger partial charge in [-0.1, -0.05) is 67.8 Å². The Morgan fingerprint density at radius 3 is 2.00 bits per heavy atom. The molecule has 8 heteroatoms. The lowest BCUT2D eigenvalue weighted by Crippen LogP contribution is -2.52. The summed E-state index contributed by atoms with van der Waals surface area (Å²) in [4.78, 5) is 28.1. The Labute approximate surface area is 204 Å². The summed E-state index contributed by atoms with van der Waals surface area (Å²) in [6, 6.07) is 14.0. The molecule has 186 valence electrons. The van der Waals surface area contributed by atoms with Crippen molar-refractivity contribution >= 4 is 27.5 Å². The maximum atomic E-state index is 13.6. The molecule has 1 atom stereocenters. The maximum absolute atomic E-state index is 13.6. The van der Waals surface area contributed by atoms with Gasteiger partial charge in [-0.15, -0.1) is 0 Å². The Balaban J connectivity index is 2.37. The lowest BCUT2D eigenvalue weighted by Gasteiger charge is -2.33. The molecule has 0 aromatic heterocycles. The van der Waals surface area contributed by atoms with Crippen LogP contribution < -0.4 is 9.62 Å². The number of aryl methyl sites for hydroxylation is 2. The van der Waals surface area contributed by atoms with Crippen molar-refractivity contribution in [2.75, 3.05) is 23.7 Å². The number of nitrogens with one attached hydrogen (secondary N) is 1. The molecule has 1 unspecified atom stereocenters. The van der Waals surface area contributed by atoms with Gasteiger partial charge in [-0.2, -0.15) is 0 Å². The van der Waals surface area contributed by atoms with Gasteiger partial charge in [0.25, 0.3) is 0 Å². The Bertz CT molecular complexity index is 1050. The molecule has 0 aliphatic heterocycles. The minimum absolute atomic E-state index is 0.213. The van der Waals surface area contributed by atoms with Crippen LogP contribution in [0.3, 0.4) is 0 Å². The zero-order valence-electron chi connectivity index (χ0n) is 20.9. The summed E-state index contributed by atoms with van der Waals surface area (Å²) in [5, 5.41) is 2.92. The molecule has 0 fully saturated rings. The highest BCUT2D eigenvalue weighted by Crippen LogP contribution is 2.20. The number of unbranched alkanes of at least 4 members (excludes halogenated alkanes) is 1. The molecule has 2 aromatic rings. The van der Waals surface area contributed by atoms with Gasteiger partial charge in [0.15, 0.2) is 0 Å². The van der Waals surface area contributed by atoms with E-state index in [1.54, 1.807) is 24.3 Å². The predicted octanol–water partition coefficient (Wildman–Crippen LogP) is 3.79. The van der Waals surface area contributed by atoms with Crippen LogP contribution >= 0.6 is 0 Å². The van der Waals surface area contributed by atoms with Crippen LogP contribution in [0, 0.1) is 13.8 Å². The minimum Gasteiger partial charge on any atom is -0.354 e. The first kappa shape index (κ1) is 27.4. The van der Waals surface area contributed by atoms with Gasteiger partial charge in [0, 0.05) is 13.1 Å². The summed E-state index contributed by atoms with van der Waals surface area (Å²) in [6.45, 7) is 8.16. The van der Waals surface area contributed by atoms with Crippen molar-refractivity contribution in [3.05, 3.63) is 65.2 Å². The lowest BCUT2D eigenvalue weighted by molar-refractivity contribution is -0.140. The molecule has 7 nitrogen and oxygen atoms in total. The number of nitrogens with zero attached hydrogens (tertiary/aromatic N) is 2. The number of carbonyl (C=O) groups excluding carboxylic acids is 2. The van der Waals surface area contributed by atoms with Crippen LogP contribution in [-0.4, -0.2) is 50.5 Å². The van der Waals surface area contributed by atoms with Crippen molar-refractivity contribution < 1.29 is 18.0 Å². The highest BCUT2D eigenvalue weighted by Gasteiger charge is 2.31. The molecule has 2 rings (SSSR count). The standard InChI is InChI=1S/C26H37N3O4S/c1-6-8-17-27-26(31)24(7-2)28(18-22-13-9-20(3)10-14-22)25(30)19-29(34(5,32)33)23-15-11-21(4)12-16-23/h9-16,24H,6-8,17-19H2,1-5H3,(H,27,31). The molecule has 34 heavy (non-hydrogen) atoms. The summed E-state index contributed by atoms with van der Waals surface area (Å²) in [5.74, 6) is -0.651. The third-order valence-corrected chi connectivity index (χ3v) is 6.83. The van der Waals surface area contributed by atoms with Crippen LogP contribution in [0.2, 0.25) is 0 Å². The van der Waals surface area contributed by atoms with E-state index in [1.165, 1.54) is 4.90 Å². The van der Waals surface area contributed by atoms with E-state index >= 15 is 0 Å². The van der Waals surface area contributed by atoms with Crippen LogP contribution in [0.15, 0.2) is 48.5 Å². The van der Waals surface area contributed by atoms with Crippen LogP contribution in [0.5, 0.6) is 0 Å². The smallest absolute Gasteiger partial charge is 0.244 e. The van der Waals surface area contributed by atoms with Gasteiger partial charge in [0.05, 0.1) is 11.9 Å². The van der Waals surface area contributed by atoms with Crippen molar-refractivity contribution in [1.29, 1.82) is 0 Å². The van der Waals surface area contributed by atoms with Gasteiger partial charge >= 0.3 is 0 Å². The van der Waals surface area contributed by atoms with Crippen molar-refractivity contribution in [3.63, 3.8) is 0 Å². The second kappa shape index (κ2) is 12.6. The molecule has 0 heterocycles. The second-order valence-electron chi connectivity index (χ2n) is 8.68. The van der Waals surface area contributed by atoms with Crippen molar-refractivity contribution in [1.82, 2.24) is 10.2 Å². The second-order valence-corrected chi connectivity index (χ2v) is 10.6. The third kappa shape index (κ3) is 7.87. The Kier molecular flexibility index (Phi) is 10.1. The number of carbonyl (C=O) groups is 2. The fourth-order valence-electron chi connectivity index (χ4n) is 3.64. The van der Waals surface area contributed by atoms with Gasteiger partial charge in [0.2, 0.25) is 21.8 Å². The number of hydrogen-bond donors (Lipinski definition) is 1. The molecule has 0 bridgehead atoms. The average molecular weight is 488 g/mol. The lowest BCUT2D eigenvalue weighted by atomic mass is 10.1. The van der Waals surface area contributed by atoms with E-state index in [0.717, 1.165) is 40.1 Å². The topological polar surface area (TPSA) is 86.8 Å². The third-order valence-electron chi connectivity index (χ3n) is 5.69. The first-order valence-electron chi connectivity index (χ1n) is 11.7. The Morgan fingerprint density at radius 1 is 0.941 bits per heavy atom. The number of hydrogen-bond acceptors (Lipinski definition) is 4. The number of rotatable bonds is 12. The monoisotopic (exact) mass is 487 g/mol. The SMILES string of the molecule is CCCCNC(=O)C(CC)N(Cc1ccc(C)cc1)C(=O)CN(c1ccc(C)cc1)S(C)(=O)=O. The Morgan fingerprint density at radius 2 is 1.50 bits per heavy atom. The summed E-state index contributed by atoms with van der Waals surface area (Å²) < 4.78 is 26.3. The fourth-order valence-corrected chi connectivity index (χ4v) is 4.49. The fraction of sp³-hybridized carbons (Fsp3) is 0.462. The molecular weight excluding hydrogens is 450 g/mol. The van der Waals surface area contributed by atoms with E-state index in [2.05, 4.69) is 5.32 Å². The van der Waals surface area contributed by atoms with Crippen LogP contribution in [0.25, 0.3) is 0 Å². The molecule has 0 saturated heterocycles. The number of anilines is 1. The van der Waals surface area contributed by atoms with Crippen LogP contribution in [0.1, 0.15) is 49.8 Å². The molecule has 0 radical (unpaired) electrons. The zero-order valence-corrected chi connectivity index (χ0v) is 21.7. The molecule has 0 aliphatic rings. The highest BCUT2D eigenvalue weighted by atomic mass is 32.2. The summed E-state index contributed by atoms with van der Waals surface area (Å²) >= 11 is 0. The zero-order chi connectivity index (χ0) is 25.3. The quantitative estimate of drug-likeness (QED) is 0.462. The molecule has 2 amide bonds. The van der Waals surface area contributed by atoms with Crippen molar-refractivity contribution in [2.24, 2.45) is 0 Å². The van der Waals surface area contributed by atoms with Gasteiger partial charge in [-0.05, 0) is 44.4 Å². The van der Waals surface area contributed by atoms with E-state index in [-0.39, 0.29) is 19.0 Å².